The lowest BCUT2D eigenvalue weighted by atomic mass is 9.84. The van der Waals surface area contributed by atoms with Crippen LogP contribution in [0.15, 0.2) is 24.3 Å². The Morgan fingerprint density at radius 2 is 1.58 bits per heavy atom. The largest absolute Gasteiger partial charge is 0.462 e. The summed E-state index contributed by atoms with van der Waals surface area (Å²) in [5, 5.41) is 9.01. The van der Waals surface area contributed by atoms with Crippen molar-refractivity contribution in [3.63, 3.8) is 0 Å². The van der Waals surface area contributed by atoms with E-state index in [-0.39, 0.29) is 43.0 Å². The molecule has 1 unspecified atom stereocenters. The van der Waals surface area contributed by atoms with E-state index in [4.69, 9.17) is 24.1 Å². The fraction of sp³-hybridized carbons (Fsp3) is 0.750. The van der Waals surface area contributed by atoms with Crippen molar-refractivity contribution in [1.29, 1.82) is 0 Å². The Labute approximate surface area is 186 Å². The van der Waals surface area contributed by atoms with Gasteiger partial charge >= 0.3 is 11.9 Å². The third kappa shape index (κ3) is 11.5. The molecule has 1 atom stereocenters. The molecule has 178 valence electrons. The Morgan fingerprint density at radius 3 is 2.13 bits per heavy atom. The van der Waals surface area contributed by atoms with Crippen LogP contribution < -0.4 is 0 Å². The topological polar surface area (TPSA) is 91.3 Å². The molecule has 7 nitrogen and oxygen atoms in total. The second-order valence-corrected chi connectivity index (χ2v) is 8.33. The van der Waals surface area contributed by atoms with Crippen molar-refractivity contribution in [1.82, 2.24) is 0 Å². The molecule has 0 aromatic rings. The highest BCUT2D eigenvalue weighted by Gasteiger charge is 2.24. The van der Waals surface area contributed by atoms with Gasteiger partial charge < -0.3 is 24.1 Å². The molecule has 1 rings (SSSR count). The van der Waals surface area contributed by atoms with E-state index in [1.165, 1.54) is 45.6 Å². The van der Waals surface area contributed by atoms with Gasteiger partial charge in [0.05, 0.1) is 56.2 Å². The Bertz CT molecular complexity index is 564. The van der Waals surface area contributed by atoms with E-state index in [1.807, 2.05) is 0 Å². The number of esters is 2. The molecule has 7 heteroatoms. The molecule has 1 N–H and O–H groups in total. The van der Waals surface area contributed by atoms with Crippen molar-refractivity contribution in [2.45, 2.75) is 64.4 Å². The van der Waals surface area contributed by atoms with Crippen LogP contribution in [0.25, 0.3) is 0 Å². The molecular formula is C24H40O7. The first-order chi connectivity index (χ1) is 14.9. The van der Waals surface area contributed by atoms with E-state index < -0.39 is 18.5 Å². The molecule has 0 spiro atoms. The van der Waals surface area contributed by atoms with E-state index >= 15 is 0 Å². The summed E-state index contributed by atoms with van der Waals surface area (Å²) in [7, 11) is 1.47. The SMILES string of the molecule is C=C(CO)C(=O)OCC(COC(=O)C(=C)COC)COC1CCC(CCCCC)CC1. The van der Waals surface area contributed by atoms with Crippen LogP contribution in [-0.2, 0) is 28.5 Å². The van der Waals surface area contributed by atoms with Crippen molar-refractivity contribution in [3.05, 3.63) is 24.3 Å². The van der Waals surface area contributed by atoms with Crippen LogP contribution in [0.3, 0.4) is 0 Å². The Hall–Kier alpha value is -1.70. The van der Waals surface area contributed by atoms with Crippen molar-refractivity contribution in [2.24, 2.45) is 11.8 Å². The summed E-state index contributed by atoms with van der Waals surface area (Å²) in [5.74, 6) is -0.752. The summed E-state index contributed by atoms with van der Waals surface area (Å²) < 4.78 is 21.4. The number of rotatable bonds is 16. The lowest BCUT2D eigenvalue weighted by molar-refractivity contribution is -0.146. The smallest absolute Gasteiger partial charge is 0.335 e. The second kappa shape index (κ2) is 16.0. The standard InChI is InChI=1S/C24H40O7/c1-5-6-7-8-20-9-11-22(12-10-20)29-15-21(16-30-23(26)18(2)13-25)17-31-24(27)19(3)14-28-4/h20-22,25H,2-3,5-17H2,1,4H3. The molecule has 0 saturated heterocycles. The van der Waals surface area contributed by atoms with Crippen molar-refractivity contribution in [2.75, 3.05) is 40.1 Å². The number of aliphatic hydroxyl groups excluding tert-OH is 1. The highest BCUT2D eigenvalue weighted by Crippen LogP contribution is 2.30. The molecule has 0 amide bonds. The molecule has 0 aromatic heterocycles. The molecular weight excluding hydrogens is 400 g/mol. The molecule has 1 saturated carbocycles. The van der Waals surface area contributed by atoms with Crippen LogP contribution in [0.5, 0.6) is 0 Å². The van der Waals surface area contributed by atoms with Gasteiger partial charge in [0.25, 0.3) is 0 Å². The fourth-order valence-corrected chi connectivity index (χ4v) is 3.58. The van der Waals surface area contributed by atoms with Gasteiger partial charge in [-0.2, -0.15) is 0 Å². The van der Waals surface area contributed by atoms with E-state index in [9.17, 15) is 9.59 Å². The van der Waals surface area contributed by atoms with Crippen LogP contribution in [0, 0.1) is 11.8 Å². The van der Waals surface area contributed by atoms with Gasteiger partial charge in [-0.1, -0.05) is 45.8 Å². The van der Waals surface area contributed by atoms with Gasteiger partial charge in [0.15, 0.2) is 0 Å². The van der Waals surface area contributed by atoms with E-state index in [2.05, 4.69) is 20.1 Å². The molecule has 0 heterocycles. The maximum atomic E-state index is 12.0. The predicted molar refractivity (Wildman–Crippen MR) is 118 cm³/mol. The zero-order valence-electron chi connectivity index (χ0n) is 19.2. The molecule has 0 radical (unpaired) electrons. The van der Waals surface area contributed by atoms with Gasteiger partial charge in [0.1, 0.15) is 0 Å². The van der Waals surface area contributed by atoms with Gasteiger partial charge in [-0.05, 0) is 31.6 Å². The first-order valence-electron chi connectivity index (χ1n) is 11.3. The third-order valence-electron chi connectivity index (χ3n) is 5.56. The average Bonchev–Trinajstić information content (AvgIpc) is 2.78. The molecule has 0 aliphatic heterocycles. The van der Waals surface area contributed by atoms with Gasteiger partial charge in [-0.15, -0.1) is 0 Å². The zero-order chi connectivity index (χ0) is 23.1. The van der Waals surface area contributed by atoms with Crippen LogP contribution in [0.2, 0.25) is 0 Å². The van der Waals surface area contributed by atoms with Crippen LogP contribution in [0.4, 0.5) is 0 Å². The minimum atomic E-state index is -0.671. The van der Waals surface area contributed by atoms with Crippen LogP contribution in [-0.4, -0.2) is 63.3 Å². The summed E-state index contributed by atoms with van der Waals surface area (Å²) in [5.41, 5.74) is 0.195. The number of aliphatic hydroxyl groups is 1. The van der Waals surface area contributed by atoms with Crippen molar-refractivity contribution in [3.8, 4) is 0 Å². The Kier molecular flexibility index (Phi) is 14.1. The van der Waals surface area contributed by atoms with Gasteiger partial charge in [-0.3, -0.25) is 0 Å². The summed E-state index contributed by atoms with van der Waals surface area (Å²) in [6, 6.07) is 0. The second-order valence-electron chi connectivity index (χ2n) is 8.33. The van der Waals surface area contributed by atoms with Crippen molar-refractivity contribution < 1.29 is 33.6 Å². The van der Waals surface area contributed by atoms with Crippen LogP contribution >= 0.6 is 0 Å². The van der Waals surface area contributed by atoms with Gasteiger partial charge in [0, 0.05) is 7.11 Å². The van der Waals surface area contributed by atoms with E-state index in [0.29, 0.717) is 6.61 Å². The summed E-state index contributed by atoms with van der Waals surface area (Å²) >= 11 is 0. The molecule has 0 aromatic carbocycles. The Balaban J connectivity index is 2.47. The molecule has 1 fully saturated rings. The van der Waals surface area contributed by atoms with Gasteiger partial charge in [-0.25, -0.2) is 9.59 Å². The first kappa shape index (κ1) is 27.3. The number of carbonyl (C=O) groups excluding carboxylic acids is 2. The number of methoxy groups -OCH3 is 1. The highest BCUT2D eigenvalue weighted by molar-refractivity contribution is 5.88. The molecule has 31 heavy (non-hydrogen) atoms. The van der Waals surface area contributed by atoms with Gasteiger partial charge in [0.2, 0.25) is 0 Å². The molecule has 0 bridgehead atoms. The summed E-state index contributed by atoms with van der Waals surface area (Å²) in [6.45, 7) is 9.29. The average molecular weight is 441 g/mol. The maximum Gasteiger partial charge on any atom is 0.335 e. The number of hydrogen-bond acceptors (Lipinski definition) is 7. The molecule has 1 aliphatic rings. The number of ether oxygens (including phenoxy) is 4. The zero-order valence-corrected chi connectivity index (χ0v) is 19.2. The monoisotopic (exact) mass is 440 g/mol. The summed E-state index contributed by atoms with van der Waals surface area (Å²) in [6.07, 6.45) is 9.73. The van der Waals surface area contributed by atoms with E-state index in [0.717, 1.165) is 18.8 Å². The lowest BCUT2D eigenvalue weighted by Crippen LogP contribution is -2.30. The minimum Gasteiger partial charge on any atom is -0.462 e. The minimum absolute atomic E-state index is 0.00818. The third-order valence-corrected chi connectivity index (χ3v) is 5.56. The Morgan fingerprint density at radius 1 is 0.968 bits per heavy atom. The number of carbonyl (C=O) groups is 2. The quantitative estimate of drug-likeness (QED) is 0.223. The first-order valence-corrected chi connectivity index (χ1v) is 11.3. The highest BCUT2D eigenvalue weighted by atomic mass is 16.6. The lowest BCUT2D eigenvalue weighted by Gasteiger charge is -2.29. The number of hydrogen-bond donors (Lipinski definition) is 1. The maximum absolute atomic E-state index is 12.0. The van der Waals surface area contributed by atoms with Crippen LogP contribution in [0.1, 0.15) is 58.3 Å². The van der Waals surface area contributed by atoms with Crippen molar-refractivity contribution >= 4 is 11.9 Å². The van der Waals surface area contributed by atoms with E-state index in [1.54, 1.807) is 0 Å². The fourth-order valence-electron chi connectivity index (χ4n) is 3.58. The summed E-state index contributed by atoms with van der Waals surface area (Å²) in [4.78, 5) is 23.8. The molecule has 1 aliphatic carbocycles. The number of unbranched alkanes of at least 4 members (excludes halogenated alkanes) is 2. The predicted octanol–water partition coefficient (Wildman–Crippen LogP) is 3.60. The normalized spacial score (nSPS) is 19.5.